The van der Waals surface area contributed by atoms with E-state index in [9.17, 15) is 9.59 Å². The van der Waals surface area contributed by atoms with E-state index in [2.05, 4.69) is 20.4 Å². The van der Waals surface area contributed by atoms with E-state index in [1.54, 1.807) is 42.7 Å². The molecule has 25 heavy (non-hydrogen) atoms. The number of hydrogen-bond acceptors (Lipinski definition) is 5. The number of benzene rings is 1. The van der Waals surface area contributed by atoms with Gasteiger partial charge >= 0.3 is 5.97 Å². The van der Waals surface area contributed by atoms with Gasteiger partial charge in [-0.2, -0.15) is 0 Å². The Morgan fingerprint density at radius 3 is 2.44 bits per heavy atom. The lowest BCUT2D eigenvalue weighted by molar-refractivity contribution is 0.0600. The fraction of sp³-hybridized carbons (Fsp3) is 0.316. The number of carbonyl (C=O) groups is 2. The molecule has 0 unspecified atom stereocenters. The Kier molecular flexibility index (Phi) is 5.28. The lowest BCUT2D eigenvalue weighted by Crippen LogP contribution is -2.32. The van der Waals surface area contributed by atoms with Crippen molar-refractivity contribution >= 4 is 23.3 Å². The standard InChI is InChI=1S/C19H21N3O3/c1-25-19(24)13-6-8-16(9-7-13)21-17-10-14(11-20-12-17)18(23)22-15-4-2-3-5-15/h6-12,15,21H,2-5H2,1H3,(H,22,23). The van der Waals surface area contributed by atoms with Gasteiger partial charge in [0.15, 0.2) is 0 Å². The zero-order chi connectivity index (χ0) is 17.6. The maximum Gasteiger partial charge on any atom is 0.337 e. The van der Waals surface area contributed by atoms with Gasteiger partial charge in [0.1, 0.15) is 0 Å². The van der Waals surface area contributed by atoms with Crippen molar-refractivity contribution in [3.63, 3.8) is 0 Å². The summed E-state index contributed by atoms with van der Waals surface area (Å²) in [6, 6.07) is 8.95. The molecule has 1 heterocycles. The van der Waals surface area contributed by atoms with Crippen molar-refractivity contribution in [2.45, 2.75) is 31.7 Å². The normalized spacial score (nSPS) is 14.1. The first-order chi connectivity index (χ1) is 12.2. The molecule has 0 atom stereocenters. The third-order valence-corrected chi connectivity index (χ3v) is 4.29. The summed E-state index contributed by atoms with van der Waals surface area (Å²) in [6.07, 6.45) is 7.66. The zero-order valence-corrected chi connectivity index (χ0v) is 14.1. The Morgan fingerprint density at radius 2 is 1.76 bits per heavy atom. The molecule has 1 saturated carbocycles. The van der Waals surface area contributed by atoms with Crippen LogP contribution in [0, 0.1) is 0 Å². The van der Waals surface area contributed by atoms with Crippen LogP contribution in [0.25, 0.3) is 0 Å². The molecule has 2 N–H and O–H groups in total. The predicted molar refractivity (Wildman–Crippen MR) is 95.0 cm³/mol. The second-order valence-corrected chi connectivity index (χ2v) is 6.11. The molecular formula is C19H21N3O3. The third-order valence-electron chi connectivity index (χ3n) is 4.29. The number of esters is 1. The van der Waals surface area contributed by atoms with Gasteiger partial charge in [-0.3, -0.25) is 9.78 Å². The maximum absolute atomic E-state index is 12.3. The van der Waals surface area contributed by atoms with E-state index in [-0.39, 0.29) is 17.9 Å². The van der Waals surface area contributed by atoms with E-state index >= 15 is 0 Å². The number of aromatic nitrogens is 1. The van der Waals surface area contributed by atoms with Crippen LogP contribution in [0.2, 0.25) is 0 Å². The van der Waals surface area contributed by atoms with E-state index in [1.165, 1.54) is 20.0 Å². The van der Waals surface area contributed by atoms with Crippen LogP contribution < -0.4 is 10.6 Å². The number of methoxy groups -OCH3 is 1. The molecule has 0 spiro atoms. The molecular weight excluding hydrogens is 318 g/mol. The quantitative estimate of drug-likeness (QED) is 0.817. The second-order valence-electron chi connectivity index (χ2n) is 6.11. The molecule has 1 aromatic carbocycles. The fourth-order valence-electron chi connectivity index (χ4n) is 2.95. The predicted octanol–water partition coefficient (Wildman–Crippen LogP) is 3.28. The minimum atomic E-state index is -0.376. The van der Waals surface area contributed by atoms with Gasteiger partial charge in [-0.25, -0.2) is 4.79 Å². The summed E-state index contributed by atoms with van der Waals surface area (Å²) in [5, 5.41) is 6.24. The van der Waals surface area contributed by atoms with E-state index in [4.69, 9.17) is 0 Å². The van der Waals surface area contributed by atoms with Gasteiger partial charge in [0, 0.05) is 17.9 Å². The Bertz CT molecular complexity index is 753. The summed E-state index contributed by atoms with van der Waals surface area (Å²) in [6.45, 7) is 0. The fourth-order valence-corrected chi connectivity index (χ4v) is 2.95. The molecule has 130 valence electrons. The van der Waals surface area contributed by atoms with E-state index < -0.39 is 0 Å². The number of nitrogens with zero attached hydrogens (tertiary/aromatic N) is 1. The lowest BCUT2D eigenvalue weighted by Gasteiger charge is -2.12. The largest absolute Gasteiger partial charge is 0.465 e. The number of hydrogen-bond donors (Lipinski definition) is 2. The summed E-state index contributed by atoms with van der Waals surface area (Å²) in [5.74, 6) is -0.470. The Hall–Kier alpha value is -2.89. The first kappa shape index (κ1) is 17.0. The highest BCUT2D eigenvalue weighted by molar-refractivity contribution is 5.95. The van der Waals surface area contributed by atoms with Crippen molar-refractivity contribution < 1.29 is 14.3 Å². The van der Waals surface area contributed by atoms with Crippen molar-refractivity contribution in [3.8, 4) is 0 Å². The lowest BCUT2D eigenvalue weighted by atomic mass is 10.2. The van der Waals surface area contributed by atoms with Gasteiger partial charge in [0.25, 0.3) is 5.91 Å². The summed E-state index contributed by atoms with van der Waals surface area (Å²) in [4.78, 5) is 27.9. The number of rotatable bonds is 5. The van der Waals surface area contributed by atoms with Crippen LogP contribution in [-0.4, -0.2) is 30.0 Å². The third kappa shape index (κ3) is 4.35. The van der Waals surface area contributed by atoms with Crippen molar-refractivity contribution in [3.05, 3.63) is 53.9 Å². The minimum Gasteiger partial charge on any atom is -0.465 e. The molecule has 0 bridgehead atoms. The summed E-state index contributed by atoms with van der Waals surface area (Å²) >= 11 is 0. The summed E-state index contributed by atoms with van der Waals surface area (Å²) in [7, 11) is 1.35. The minimum absolute atomic E-state index is 0.0934. The van der Waals surface area contributed by atoms with Crippen LogP contribution in [0.15, 0.2) is 42.7 Å². The van der Waals surface area contributed by atoms with E-state index in [1.807, 2.05) is 0 Å². The Balaban J connectivity index is 1.66. The van der Waals surface area contributed by atoms with Crippen LogP contribution in [-0.2, 0) is 4.74 Å². The van der Waals surface area contributed by atoms with Crippen molar-refractivity contribution in [1.29, 1.82) is 0 Å². The van der Waals surface area contributed by atoms with Gasteiger partial charge in [0.05, 0.1) is 30.1 Å². The van der Waals surface area contributed by atoms with Gasteiger partial charge in [-0.15, -0.1) is 0 Å². The molecule has 1 aromatic heterocycles. The first-order valence-electron chi connectivity index (χ1n) is 8.37. The van der Waals surface area contributed by atoms with Gasteiger partial charge in [-0.05, 0) is 43.2 Å². The average molecular weight is 339 g/mol. The van der Waals surface area contributed by atoms with Crippen LogP contribution in [0.3, 0.4) is 0 Å². The van der Waals surface area contributed by atoms with Crippen LogP contribution >= 0.6 is 0 Å². The molecule has 0 aliphatic heterocycles. The highest BCUT2D eigenvalue weighted by Crippen LogP contribution is 2.20. The maximum atomic E-state index is 12.3. The van der Waals surface area contributed by atoms with E-state index in [0.717, 1.165) is 18.5 Å². The Labute approximate surface area is 146 Å². The van der Waals surface area contributed by atoms with Crippen molar-refractivity contribution in [1.82, 2.24) is 10.3 Å². The average Bonchev–Trinajstić information content (AvgIpc) is 3.15. The van der Waals surface area contributed by atoms with Crippen LogP contribution in [0.4, 0.5) is 11.4 Å². The number of amides is 1. The highest BCUT2D eigenvalue weighted by atomic mass is 16.5. The molecule has 1 fully saturated rings. The molecule has 1 amide bonds. The van der Waals surface area contributed by atoms with Crippen LogP contribution in [0.1, 0.15) is 46.4 Å². The number of carbonyl (C=O) groups excluding carboxylic acids is 2. The van der Waals surface area contributed by atoms with Crippen LogP contribution in [0.5, 0.6) is 0 Å². The first-order valence-corrected chi connectivity index (χ1v) is 8.37. The topological polar surface area (TPSA) is 80.3 Å². The number of ether oxygens (including phenoxy) is 1. The molecule has 6 heteroatoms. The monoisotopic (exact) mass is 339 g/mol. The van der Waals surface area contributed by atoms with E-state index in [0.29, 0.717) is 16.8 Å². The smallest absolute Gasteiger partial charge is 0.337 e. The van der Waals surface area contributed by atoms with Gasteiger partial charge in [-0.1, -0.05) is 12.8 Å². The second kappa shape index (κ2) is 7.79. The summed E-state index contributed by atoms with van der Waals surface area (Å²) in [5.41, 5.74) is 2.52. The summed E-state index contributed by atoms with van der Waals surface area (Å²) < 4.78 is 4.68. The SMILES string of the molecule is COC(=O)c1ccc(Nc2cncc(C(=O)NC3CCCC3)c2)cc1. The van der Waals surface area contributed by atoms with Crippen molar-refractivity contribution in [2.75, 3.05) is 12.4 Å². The molecule has 1 aliphatic carbocycles. The molecule has 3 rings (SSSR count). The Morgan fingerprint density at radius 1 is 1.04 bits per heavy atom. The zero-order valence-electron chi connectivity index (χ0n) is 14.1. The van der Waals surface area contributed by atoms with Gasteiger partial charge in [0.2, 0.25) is 0 Å². The molecule has 6 nitrogen and oxygen atoms in total. The highest BCUT2D eigenvalue weighted by Gasteiger charge is 2.18. The number of nitrogens with one attached hydrogen (secondary N) is 2. The molecule has 0 radical (unpaired) electrons. The molecule has 1 aliphatic rings. The van der Waals surface area contributed by atoms with Crippen molar-refractivity contribution in [2.24, 2.45) is 0 Å². The van der Waals surface area contributed by atoms with Gasteiger partial charge < -0.3 is 15.4 Å². The number of pyridine rings is 1. The molecule has 2 aromatic rings. The molecule has 0 saturated heterocycles. The number of anilines is 2.